The molecule has 1 unspecified atom stereocenters. The van der Waals surface area contributed by atoms with Crippen LogP contribution in [-0.2, 0) is 11.2 Å². The molecule has 3 nitrogen and oxygen atoms in total. The largest absolute Gasteiger partial charge is 0.391 e. The summed E-state index contributed by atoms with van der Waals surface area (Å²) in [4.78, 5) is 2.27. The van der Waals surface area contributed by atoms with Crippen molar-refractivity contribution in [2.24, 2.45) is 0 Å². The van der Waals surface area contributed by atoms with Crippen LogP contribution in [0.2, 0.25) is 10.0 Å². The van der Waals surface area contributed by atoms with E-state index in [9.17, 15) is 5.11 Å². The Bertz CT molecular complexity index is 459. The fourth-order valence-electron chi connectivity index (χ4n) is 2.50. The Balaban J connectivity index is 2.07. The summed E-state index contributed by atoms with van der Waals surface area (Å²) in [5.74, 6) is 0. The molecular weight excluding hydrogens is 297 g/mol. The number of hydrogen-bond acceptors (Lipinski definition) is 3. The topological polar surface area (TPSA) is 32.7 Å². The summed E-state index contributed by atoms with van der Waals surface area (Å²) in [6.07, 6.45) is 0.0136. The van der Waals surface area contributed by atoms with Crippen LogP contribution in [0.15, 0.2) is 18.2 Å². The van der Waals surface area contributed by atoms with Crippen molar-refractivity contribution in [2.75, 3.05) is 26.3 Å². The molecule has 1 aliphatic heterocycles. The molecule has 0 saturated carbocycles. The number of morpholine rings is 1. The Labute approximate surface area is 130 Å². The summed E-state index contributed by atoms with van der Waals surface area (Å²) in [6.45, 7) is 7.26. The molecule has 1 N–H and O–H groups in total. The van der Waals surface area contributed by atoms with E-state index in [0.29, 0.717) is 16.5 Å². The lowest BCUT2D eigenvalue weighted by molar-refractivity contribution is -0.0611. The molecule has 0 amide bonds. The molecular formula is C15H21Cl2NO2. The average Bonchev–Trinajstić information content (AvgIpc) is 2.42. The molecule has 1 atom stereocenters. The highest BCUT2D eigenvalue weighted by atomic mass is 35.5. The number of rotatable bonds is 4. The van der Waals surface area contributed by atoms with Crippen LogP contribution >= 0.6 is 23.2 Å². The zero-order chi connectivity index (χ0) is 14.8. The first-order chi connectivity index (χ1) is 9.41. The highest BCUT2D eigenvalue weighted by molar-refractivity contribution is 6.35. The molecule has 2 rings (SSSR count). The molecule has 1 fully saturated rings. The minimum Gasteiger partial charge on any atom is -0.391 e. The average molecular weight is 318 g/mol. The number of nitrogens with zero attached hydrogens (tertiary/aromatic N) is 1. The third-order valence-electron chi connectivity index (χ3n) is 4.07. The molecule has 0 aliphatic carbocycles. The van der Waals surface area contributed by atoms with Crippen molar-refractivity contribution in [3.8, 4) is 0 Å². The van der Waals surface area contributed by atoms with Gasteiger partial charge >= 0.3 is 0 Å². The van der Waals surface area contributed by atoms with Gasteiger partial charge in [-0.2, -0.15) is 0 Å². The highest BCUT2D eigenvalue weighted by Gasteiger charge is 2.35. The van der Waals surface area contributed by atoms with Crippen molar-refractivity contribution < 1.29 is 9.84 Å². The predicted molar refractivity (Wildman–Crippen MR) is 82.6 cm³/mol. The van der Waals surface area contributed by atoms with Gasteiger partial charge in [0.25, 0.3) is 0 Å². The number of aliphatic hydroxyl groups is 1. The molecule has 1 aliphatic rings. The van der Waals surface area contributed by atoms with Crippen LogP contribution in [0.5, 0.6) is 0 Å². The molecule has 1 saturated heterocycles. The molecule has 1 aromatic rings. The molecule has 5 heteroatoms. The maximum absolute atomic E-state index is 10.6. The van der Waals surface area contributed by atoms with Gasteiger partial charge in [0.05, 0.1) is 19.3 Å². The fourth-order valence-corrected chi connectivity index (χ4v) is 2.98. The van der Waals surface area contributed by atoms with Crippen molar-refractivity contribution >= 4 is 23.2 Å². The SMILES string of the molecule is CC(C)(C(O)Cc1ccc(Cl)cc1Cl)N1CCOCC1. The van der Waals surface area contributed by atoms with E-state index >= 15 is 0 Å². The Morgan fingerprint density at radius 3 is 2.55 bits per heavy atom. The van der Waals surface area contributed by atoms with Crippen molar-refractivity contribution in [3.63, 3.8) is 0 Å². The summed E-state index contributed by atoms with van der Waals surface area (Å²) >= 11 is 12.1. The molecule has 20 heavy (non-hydrogen) atoms. The van der Waals surface area contributed by atoms with Gasteiger partial charge in [-0.1, -0.05) is 29.3 Å². The lowest BCUT2D eigenvalue weighted by Gasteiger charge is -2.43. The van der Waals surface area contributed by atoms with Gasteiger partial charge in [0, 0.05) is 35.1 Å². The molecule has 112 valence electrons. The van der Waals surface area contributed by atoms with E-state index in [-0.39, 0.29) is 5.54 Å². The van der Waals surface area contributed by atoms with Crippen LogP contribution in [0.3, 0.4) is 0 Å². The van der Waals surface area contributed by atoms with E-state index in [1.54, 1.807) is 12.1 Å². The van der Waals surface area contributed by atoms with Gasteiger partial charge < -0.3 is 9.84 Å². The van der Waals surface area contributed by atoms with Gasteiger partial charge in [-0.15, -0.1) is 0 Å². The monoisotopic (exact) mass is 317 g/mol. The fraction of sp³-hybridized carbons (Fsp3) is 0.600. The summed E-state index contributed by atoms with van der Waals surface area (Å²) in [5.41, 5.74) is 0.608. The van der Waals surface area contributed by atoms with Gasteiger partial charge in [-0.3, -0.25) is 4.90 Å². The first kappa shape index (κ1) is 16.1. The Hall–Kier alpha value is -0.320. The van der Waals surface area contributed by atoms with E-state index < -0.39 is 6.10 Å². The van der Waals surface area contributed by atoms with Gasteiger partial charge in [0.2, 0.25) is 0 Å². The first-order valence-electron chi connectivity index (χ1n) is 6.86. The number of benzene rings is 1. The van der Waals surface area contributed by atoms with Crippen LogP contribution in [0.25, 0.3) is 0 Å². The normalized spacial score (nSPS) is 19.1. The molecule has 0 radical (unpaired) electrons. The van der Waals surface area contributed by atoms with Crippen molar-refractivity contribution in [3.05, 3.63) is 33.8 Å². The summed E-state index contributed by atoms with van der Waals surface area (Å²) in [5, 5.41) is 11.8. The number of ether oxygens (including phenoxy) is 1. The third-order valence-corrected chi connectivity index (χ3v) is 4.66. The molecule has 0 aromatic heterocycles. The highest BCUT2D eigenvalue weighted by Crippen LogP contribution is 2.27. The van der Waals surface area contributed by atoms with E-state index in [2.05, 4.69) is 18.7 Å². The lowest BCUT2D eigenvalue weighted by atomic mass is 9.89. The Morgan fingerprint density at radius 2 is 1.95 bits per heavy atom. The Morgan fingerprint density at radius 1 is 1.30 bits per heavy atom. The number of halogens is 2. The zero-order valence-corrected chi connectivity index (χ0v) is 13.4. The van der Waals surface area contributed by atoms with Gasteiger partial charge in [-0.05, 0) is 31.5 Å². The molecule has 0 spiro atoms. The minimum absolute atomic E-state index is 0.313. The van der Waals surface area contributed by atoms with E-state index in [1.165, 1.54) is 0 Å². The second-order valence-electron chi connectivity index (χ2n) is 5.71. The smallest absolute Gasteiger partial charge is 0.0759 e. The van der Waals surface area contributed by atoms with E-state index in [0.717, 1.165) is 31.9 Å². The van der Waals surface area contributed by atoms with Crippen LogP contribution < -0.4 is 0 Å². The van der Waals surface area contributed by atoms with Gasteiger partial charge in [0.15, 0.2) is 0 Å². The van der Waals surface area contributed by atoms with Crippen LogP contribution in [0.1, 0.15) is 19.4 Å². The lowest BCUT2D eigenvalue weighted by Crippen LogP contribution is -2.56. The van der Waals surface area contributed by atoms with Crippen molar-refractivity contribution in [2.45, 2.75) is 31.9 Å². The molecule has 0 bridgehead atoms. The zero-order valence-electron chi connectivity index (χ0n) is 11.9. The van der Waals surface area contributed by atoms with Gasteiger partial charge in [-0.25, -0.2) is 0 Å². The van der Waals surface area contributed by atoms with Crippen molar-refractivity contribution in [1.82, 2.24) is 4.90 Å². The van der Waals surface area contributed by atoms with E-state index in [4.69, 9.17) is 27.9 Å². The summed E-state index contributed by atoms with van der Waals surface area (Å²) in [7, 11) is 0. The molecule has 1 heterocycles. The first-order valence-corrected chi connectivity index (χ1v) is 7.61. The minimum atomic E-state index is -0.501. The van der Waals surface area contributed by atoms with Crippen LogP contribution in [-0.4, -0.2) is 48.0 Å². The summed E-state index contributed by atoms with van der Waals surface area (Å²) in [6, 6.07) is 5.40. The summed E-state index contributed by atoms with van der Waals surface area (Å²) < 4.78 is 5.37. The van der Waals surface area contributed by atoms with Crippen LogP contribution in [0, 0.1) is 0 Å². The maximum Gasteiger partial charge on any atom is 0.0759 e. The maximum atomic E-state index is 10.6. The van der Waals surface area contributed by atoms with Crippen LogP contribution in [0.4, 0.5) is 0 Å². The second kappa shape index (κ2) is 6.63. The standard InChI is InChI=1S/C15H21Cl2NO2/c1-15(2,18-5-7-20-8-6-18)14(19)9-11-3-4-12(16)10-13(11)17/h3-4,10,14,19H,5-9H2,1-2H3. The number of aliphatic hydroxyl groups excluding tert-OH is 1. The second-order valence-corrected chi connectivity index (χ2v) is 6.55. The predicted octanol–water partition coefficient (Wildman–Crippen LogP) is 3.01. The Kier molecular flexibility index (Phi) is 5.32. The number of hydrogen-bond donors (Lipinski definition) is 1. The van der Waals surface area contributed by atoms with E-state index in [1.807, 2.05) is 6.07 Å². The quantitative estimate of drug-likeness (QED) is 0.926. The van der Waals surface area contributed by atoms with Gasteiger partial charge in [0.1, 0.15) is 0 Å². The third kappa shape index (κ3) is 3.66. The van der Waals surface area contributed by atoms with Crippen molar-refractivity contribution in [1.29, 1.82) is 0 Å². The molecule has 1 aromatic carbocycles.